The van der Waals surface area contributed by atoms with E-state index in [1.165, 1.54) is 19.2 Å². The SMILES string of the molecule is C=CCOc1cccc(Cl)c1C(=O)NCc1ccc(OC)c(F)c1. The molecule has 0 aromatic heterocycles. The highest BCUT2D eigenvalue weighted by molar-refractivity contribution is 6.34. The average molecular weight is 350 g/mol. The van der Waals surface area contributed by atoms with E-state index in [0.717, 1.165) is 0 Å². The first-order valence-corrected chi connectivity index (χ1v) is 7.57. The minimum atomic E-state index is -0.489. The van der Waals surface area contributed by atoms with Crippen LogP contribution in [0.2, 0.25) is 5.02 Å². The van der Waals surface area contributed by atoms with Crippen molar-refractivity contribution in [3.05, 3.63) is 71.0 Å². The first-order chi connectivity index (χ1) is 11.6. The van der Waals surface area contributed by atoms with Crippen LogP contribution >= 0.6 is 11.6 Å². The molecule has 24 heavy (non-hydrogen) atoms. The van der Waals surface area contributed by atoms with Gasteiger partial charge in [0.25, 0.3) is 5.91 Å². The maximum absolute atomic E-state index is 13.7. The number of nitrogens with one attached hydrogen (secondary N) is 1. The normalized spacial score (nSPS) is 10.1. The zero-order valence-electron chi connectivity index (χ0n) is 13.1. The van der Waals surface area contributed by atoms with Gasteiger partial charge < -0.3 is 14.8 Å². The summed E-state index contributed by atoms with van der Waals surface area (Å²) in [5.41, 5.74) is 0.831. The third kappa shape index (κ3) is 4.26. The molecular weight excluding hydrogens is 333 g/mol. The van der Waals surface area contributed by atoms with Gasteiger partial charge in [0.2, 0.25) is 0 Å². The molecule has 0 spiro atoms. The molecule has 0 saturated carbocycles. The summed E-state index contributed by atoms with van der Waals surface area (Å²) in [7, 11) is 1.39. The van der Waals surface area contributed by atoms with Crippen LogP contribution < -0.4 is 14.8 Å². The lowest BCUT2D eigenvalue weighted by Gasteiger charge is -2.12. The van der Waals surface area contributed by atoms with Gasteiger partial charge in [0.05, 0.1) is 17.7 Å². The van der Waals surface area contributed by atoms with Gasteiger partial charge in [-0.1, -0.05) is 36.4 Å². The number of hydrogen-bond donors (Lipinski definition) is 1. The molecule has 0 unspecified atom stereocenters. The van der Waals surface area contributed by atoms with Crippen LogP contribution in [0.3, 0.4) is 0 Å². The predicted octanol–water partition coefficient (Wildman–Crippen LogP) is 3.98. The molecule has 6 heteroatoms. The molecule has 0 aliphatic carbocycles. The number of carbonyl (C=O) groups is 1. The highest BCUT2D eigenvalue weighted by Crippen LogP contribution is 2.26. The van der Waals surface area contributed by atoms with Crippen molar-refractivity contribution in [2.75, 3.05) is 13.7 Å². The second-order valence-corrected chi connectivity index (χ2v) is 5.27. The van der Waals surface area contributed by atoms with Crippen molar-refractivity contribution in [2.24, 2.45) is 0 Å². The first kappa shape index (κ1) is 17.8. The third-order valence-corrected chi connectivity index (χ3v) is 3.54. The smallest absolute Gasteiger partial charge is 0.256 e. The van der Waals surface area contributed by atoms with Crippen LogP contribution in [0.4, 0.5) is 4.39 Å². The molecule has 126 valence electrons. The molecule has 2 aromatic rings. The molecule has 1 amide bonds. The molecule has 1 N–H and O–H groups in total. The zero-order valence-corrected chi connectivity index (χ0v) is 13.9. The summed E-state index contributed by atoms with van der Waals surface area (Å²) >= 11 is 6.11. The zero-order chi connectivity index (χ0) is 17.5. The Morgan fingerprint density at radius 1 is 1.33 bits per heavy atom. The van der Waals surface area contributed by atoms with Crippen molar-refractivity contribution in [3.63, 3.8) is 0 Å². The van der Waals surface area contributed by atoms with Gasteiger partial charge in [-0.25, -0.2) is 4.39 Å². The summed E-state index contributed by atoms with van der Waals surface area (Å²) in [5, 5.41) is 2.97. The lowest BCUT2D eigenvalue weighted by molar-refractivity contribution is 0.0947. The Labute approximate surface area is 144 Å². The van der Waals surface area contributed by atoms with Crippen LogP contribution in [0.1, 0.15) is 15.9 Å². The summed E-state index contributed by atoms with van der Waals surface area (Å²) in [6.45, 7) is 3.97. The Bertz CT molecular complexity index is 749. The van der Waals surface area contributed by atoms with Crippen LogP contribution in [-0.4, -0.2) is 19.6 Å². The molecule has 2 rings (SSSR count). The standard InChI is InChI=1S/C18H17ClFNO3/c1-3-9-24-16-6-4-5-13(19)17(16)18(22)21-11-12-7-8-15(23-2)14(20)10-12/h3-8,10H,1,9,11H2,2H3,(H,21,22). The van der Waals surface area contributed by atoms with Crippen LogP contribution in [0.15, 0.2) is 49.1 Å². The van der Waals surface area contributed by atoms with E-state index in [4.69, 9.17) is 21.1 Å². The highest BCUT2D eigenvalue weighted by Gasteiger charge is 2.16. The molecule has 0 atom stereocenters. The molecule has 0 saturated heterocycles. The second-order valence-electron chi connectivity index (χ2n) is 4.86. The van der Waals surface area contributed by atoms with E-state index in [-0.39, 0.29) is 29.5 Å². The monoisotopic (exact) mass is 349 g/mol. The van der Waals surface area contributed by atoms with Gasteiger partial charge in [0.1, 0.15) is 12.4 Å². The molecule has 4 nitrogen and oxygen atoms in total. The maximum Gasteiger partial charge on any atom is 0.256 e. The fourth-order valence-electron chi connectivity index (χ4n) is 2.08. The first-order valence-electron chi connectivity index (χ1n) is 7.19. The van der Waals surface area contributed by atoms with Crippen molar-refractivity contribution >= 4 is 17.5 Å². The number of carbonyl (C=O) groups excluding carboxylic acids is 1. The summed E-state index contributed by atoms with van der Waals surface area (Å²) in [4.78, 5) is 12.4. The molecule has 0 aliphatic rings. The van der Waals surface area contributed by atoms with Gasteiger partial charge in [-0.2, -0.15) is 0 Å². The van der Waals surface area contributed by atoms with Gasteiger partial charge in [0, 0.05) is 6.54 Å². The van der Waals surface area contributed by atoms with E-state index >= 15 is 0 Å². The van der Waals surface area contributed by atoms with E-state index < -0.39 is 11.7 Å². The lowest BCUT2D eigenvalue weighted by Crippen LogP contribution is -2.24. The molecule has 0 heterocycles. The predicted molar refractivity (Wildman–Crippen MR) is 91.3 cm³/mol. The summed E-state index contributed by atoms with van der Waals surface area (Å²) in [5.74, 6) is -0.384. The van der Waals surface area contributed by atoms with Crippen LogP contribution in [-0.2, 0) is 6.54 Å². The topological polar surface area (TPSA) is 47.6 Å². The van der Waals surface area contributed by atoms with Crippen molar-refractivity contribution in [1.82, 2.24) is 5.32 Å². The van der Waals surface area contributed by atoms with E-state index in [2.05, 4.69) is 11.9 Å². The Kier molecular flexibility index (Phi) is 6.21. The van der Waals surface area contributed by atoms with Gasteiger partial charge >= 0.3 is 0 Å². The van der Waals surface area contributed by atoms with E-state index in [1.807, 2.05) is 0 Å². The summed E-state index contributed by atoms with van der Waals surface area (Å²) < 4.78 is 24.0. The summed E-state index contributed by atoms with van der Waals surface area (Å²) in [6, 6.07) is 9.42. The number of hydrogen-bond acceptors (Lipinski definition) is 3. The van der Waals surface area contributed by atoms with E-state index in [9.17, 15) is 9.18 Å². The minimum Gasteiger partial charge on any atom is -0.494 e. The molecule has 0 fully saturated rings. The third-order valence-electron chi connectivity index (χ3n) is 3.23. The van der Waals surface area contributed by atoms with E-state index in [0.29, 0.717) is 11.3 Å². The van der Waals surface area contributed by atoms with Crippen LogP contribution in [0, 0.1) is 5.82 Å². The number of ether oxygens (including phenoxy) is 2. The number of rotatable bonds is 7. The highest BCUT2D eigenvalue weighted by atomic mass is 35.5. The fraction of sp³-hybridized carbons (Fsp3) is 0.167. The molecule has 0 bridgehead atoms. The molecule has 0 aliphatic heterocycles. The summed E-state index contributed by atoms with van der Waals surface area (Å²) in [6.07, 6.45) is 1.57. The molecule has 2 aromatic carbocycles. The van der Waals surface area contributed by atoms with Crippen molar-refractivity contribution < 1.29 is 18.7 Å². The number of methoxy groups -OCH3 is 1. The van der Waals surface area contributed by atoms with E-state index in [1.54, 1.807) is 30.3 Å². The quantitative estimate of drug-likeness (QED) is 0.769. The van der Waals surface area contributed by atoms with Gasteiger partial charge in [-0.3, -0.25) is 4.79 Å². The molecule has 0 radical (unpaired) electrons. The average Bonchev–Trinajstić information content (AvgIpc) is 2.58. The number of halogens is 2. The maximum atomic E-state index is 13.7. The fourth-order valence-corrected chi connectivity index (χ4v) is 2.34. The van der Waals surface area contributed by atoms with Crippen molar-refractivity contribution in [3.8, 4) is 11.5 Å². The second kappa shape index (κ2) is 8.36. The Hall–Kier alpha value is -2.53. The van der Waals surface area contributed by atoms with Crippen LogP contribution in [0.25, 0.3) is 0 Å². The van der Waals surface area contributed by atoms with Crippen molar-refractivity contribution in [2.45, 2.75) is 6.54 Å². The Balaban J connectivity index is 2.12. The Morgan fingerprint density at radius 3 is 2.79 bits per heavy atom. The van der Waals surface area contributed by atoms with Crippen LogP contribution in [0.5, 0.6) is 11.5 Å². The van der Waals surface area contributed by atoms with Gasteiger partial charge in [-0.15, -0.1) is 0 Å². The van der Waals surface area contributed by atoms with Gasteiger partial charge in [0.15, 0.2) is 11.6 Å². The molecular formula is C18H17ClFNO3. The van der Waals surface area contributed by atoms with Gasteiger partial charge in [-0.05, 0) is 29.8 Å². The van der Waals surface area contributed by atoms with Crippen molar-refractivity contribution in [1.29, 1.82) is 0 Å². The number of benzene rings is 2. The lowest BCUT2D eigenvalue weighted by atomic mass is 10.1. The Morgan fingerprint density at radius 2 is 2.12 bits per heavy atom. The number of amides is 1. The minimum absolute atomic E-state index is 0.145. The largest absolute Gasteiger partial charge is 0.494 e.